The lowest BCUT2D eigenvalue weighted by atomic mass is 9.98. The Bertz CT molecular complexity index is 512. The smallest absolute Gasteiger partial charge is 0.283 e. The largest absolute Gasteiger partial charge is 0.382 e. The van der Waals surface area contributed by atoms with Gasteiger partial charge in [0.2, 0.25) is 0 Å². The monoisotopic (exact) mass is 341 g/mol. The van der Waals surface area contributed by atoms with Crippen LogP contribution < -0.4 is 10.9 Å². The first-order chi connectivity index (χ1) is 9.49. The summed E-state index contributed by atoms with van der Waals surface area (Å²) >= 11 is 3.41. The lowest BCUT2D eigenvalue weighted by molar-refractivity contribution is 0.438. The van der Waals surface area contributed by atoms with E-state index >= 15 is 0 Å². The second kappa shape index (κ2) is 6.74. The number of rotatable bonds is 5. The summed E-state index contributed by atoms with van der Waals surface area (Å²) in [5.41, 5.74) is 0.761. The van der Waals surface area contributed by atoms with Crippen LogP contribution in [0.1, 0.15) is 40.0 Å². The molecule has 5 heteroatoms. The van der Waals surface area contributed by atoms with Crippen LogP contribution in [0, 0.1) is 17.8 Å². The number of halogens is 1. The van der Waals surface area contributed by atoms with E-state index in [4.69, 9.17) is 0 Å². The van der Waals surface area contributed by atoms with E-state index in [0.29, 0.717) is 22.9 Å². The third-order valence-corrected chi connectivity index (χ3v) is 4.88. The van der Waals surface area contributed by atoms with E-state index in [9.17, 15) is 4.79 Å². The summed E-state index contributed by atoms with van der Waals surface area (Å²) < 4.78 is 2.12. The van der Waals surface area contributed by atoms with E-state index in [2.05, 4.69) is 47.1 Å². The van der Waals surface area contributed by atoms with Gasteiger partial charge in [-0.05, 0) is 40.1 Å². The summed E-state index contributed by atoms with van der Waals surface area (Å²) in [7, 11) is 0. The van der Waals surface area contributed by atoms with Crippen molar-refractivity contribution in [2.45, 2.75) is 46.6 Å². The fourth-order valence-corrected chi connectivity index (χ4v) is 3.28. The molecule has 1 saturated carbocycles. The summed E-state index contributed by atoms with van der Waals surface area (Å²) in [6.07, 6.45) is 5.68. The van der Waals surface area contributed by atoms with Gasteiger partial charge in [0.25, 0.3) is 5.56 Å². The summed E-state index contributed by atoms with van der Waals surface area (Å²) in [6.45, 7) is 8.05. The zero-order chi connectivity index (χ0) is 14.7. The van der Waals surface area contributed by atoms with Crippen LogP contribution >= 0.6 is 15.9 Å². The number of aromatic nitrogens is 2. The fraction of sp³-hybridized carbons (Fsp3) is 0.733. The van der Waals surface area contributed by atoms with Crippen molar-refractivity contribution in [3.05, 3.63) is 21.0 Å². The van der Waals surface area contributed by atoms with Crippen LogP contribution in [0.5, 0.6) is 0 Å². The Kier molecular flexibility index (Phi) is 5.24. The maximum Gasteiger partial charge on any atom is 0.283 e. The van der Waals surface area contributed by atoms with Gasteiger partial charge in [-0.3, -0.25) is 4.79 Å². The molecule has 2 atom stereocenters. The van der Waals surface area contributed by atoms with Crippen LogP contribution in [-0.2, 0) is 6.54 Å². The van der Waals surface area contributed by atoms with Crippen LogP contribution in [0.3, 0.4) is 0 Å². The average Bonchev–Trinajstić information content (AvgIpc) is 2.79. The highest BCUT2D eigenvalue weighted by atomic mass is 79.9. The Morgan fingerprint density at radius 3 is 2.85 bits per heavy atom. The average molecular weight is 342 g/mol. The lowest BCUT2D eigenvalue weighted by Gasteiger charge is -2.17. The molecule has 1 N–H and O–H groups in total. The van der Waals surface area contributed by atoms with Crippen molar-refractivity contribution >= 4 is 21.6 Å². The minimum Gasteiger partial charge on any atom is -0.382 e. The van der Waals surface area contributed by atoms with Gasteiger partial charge in [0.1, 0.15) is 4.47 Å². The van der Waals surface area contributed by atoms with E-state index in [-0.39, 0.29) is 5.56 Å². The summed E-state index contributed by atoms with van der Waals surface area (Å²) in [6, 6.07) is 0. The number of nitrogens with one attached hydrogen (secondary N) is 1. The van der Waals surface area contributed by atoms with Crippen molar-refractivity contribution in [1.29, 1.82) is 0 Å². The van der Waals surface area contributed by atoms with Crippen molar-refractivity contribution in [2.24, 2.45) is 17.8 Å². The zero-order valence-electron chi connectivity index (χ0n) is 12.5. The molecule has 2 rings (SSSR count). The molecule has 0 spiro atoms. The Morgan fingerprint density at radius 1 is 1.50 bits per heavy atom. The molecule has 1 heterocycles. The Hall–Kier alpha value is -0.840. The summed E-state index contributed by atoms with van der Waals surface area (Å²) in [5, 5.41) is 7.64. The molecular formula is C15H24BrN3O. The third-order valence-electron chi connectivity index (χ3n) is 4.12. The highest BCUT2D eigenvalue weighted by Gasteiger charge is 2.23. The van der Waals surface area contributed by atoms with E-state index in [1.54, 1.807) is 6.20 Å². The van der Waals surface area contributed by atoms with Crippen molar-refractivity contribution in [1.82, 2.24) is 9.78 Å². The zero-order valence-corrected chi connectivity index (χ0v) is 14.1. The number of hydrogen-bond acceptors (Lipinski definition) is 3. The predicted molar refractivity (Wildman–Crippen MR) is 86.0 cm³/mol. The highest BCUT2D eigenvalue weighted by Crippen LogP contribution is 2.31. The Morgan fingerprint density at radius 2 is 2.25 bits per heavy atom. The number of nitrogens with zero attached hydrogens (tertiary/aromatic N) is 2. The van der Waals surface area contributed by atoms with Gasteiger partial charge in [0, 0.05) is 13.1 Å². The van der Waals surface area contributed by atoms with E-state index in [0.717, 1.165) is 18.2 Å². The molecule has 1 aliphatic carbocycles. The second-order valence-corrected chi connectivity index (χ2v) is 7.10. The SMILES string of the molecule is CC(C)Cn1ncc(NCC2CCCC2C)c(Br)c1=O. The molecule has 20 heavy (non-hydrogen) atoms. The molecule has 112 valence electrons. The topological polar surface area (TPSA) is 46.9 Å². The third kappa shape index (κ3) is 3.62. The van der Waals surface area contributed by atoms with Gasteiger partial charge >= 0.3 is 0 Å². The molecule has 2 unspecified atom stereocenters. The first-order valence-corrected chi connectivity index (χ1v) is 8.27. The molecule has 1 fully saturated rings. The van der Waals surface area contributed by atoms with Crippen LogP contribution in [0.4, 0.5) is 5.69 Å². The minimum atomic E-state index is -0.0526. The summed E-state index contributed by atoms with van der Waals surface area (Å²) in [4.78, 5) is 12.2. The van der Waals surface area contributed by atoms with Gasteiger partial charge in [-0.25, -0.2) is 4.68 Å². The molecule has 1 aliphatic rings. The fourth-order valence-electron chi connectivity index (χ4n) is 2.83. The van der Waals surface area contributed by atoms with Crippen LogP contribution in [-0.4, -0.2) is 16.3 Å². The molecule has 0 aromatic carbocycles. The molecule has 1 aromatic rings. The maximum absolute atomic E-state index is 12.2. The van der Waals surface area contributed by atoms with Crippen molar-refractivity contribution < 1.29 is 0 Å². The lowest BCUT2D eigenvalue weighted by Crippen LogP contribution is -2.27. The van der Waals surface area contributed by atoms with Gasteiger partial charge in [-0.15, -0.1) is 0 Å². The summed E-state index contributed by atoms with van der Waals surface area (Å²) in [5.74, 6) is 1.89. The van der Waals surface area contributed by atoms with Gasteiger partial charge in [0.05, 0.1) is 11.9 Å². The van der Waals surface area contributed by atoms with Crippen LogP contribution in [0.15, 0.2) is 15.5 Å². The first-order valence-electron chi connectivity index (χ1n) is 7.48. The number of hydrogen-bond donors (Lipinski definition) is 1. The van der Waals surface area contributed by atoms with Gasteiger partial charge < -0.3 is 5.32 Å². The van der Waals surface area contributed by atoms with Crippen LogP contribution in [0.2, 0.25) is 0 Å². The van der Waals surface area contributed by atoms with Gasteiger partial charge in [-0.1, -0.05) is 33.6 Å². The van der Waals surface area contributed by atoms with Gasteiger partial charge in [-0.2, -0.15) is 5.10 Å². The molecule has 0 bridgehead atoms. The molecule has 0 amide bonds. The Balaban J connectivity index is 2.05. The minimum absolute atomic E-state index is 0.0526. The molecule has 0 saturated heterocycles. The molecule has 0 radical (unpaired) electrons. The first kappa shape index (κ1) is 15.5. The highest BCUT2D eigenvalue weighted by molar-refractivity contribution is 9.10. The van der Waals surface area contributed by atoms with E-state index in [1.807, 2.05) is 0 Å². The number of anilines is 1. The molecule has 1 aromatic heterocycles. The maximum atomic E-state index is 12.2. The molecule has 4 nitrogen and oxygen atoms in total. The quantitative estimate of drug-likeness (QED) is 0.891. The van der Waals surface area contributed by atoms with E-state index < -0.39 is 0 Å². The van der Waals surface area contributed by atoms with Crippen molar-refractivity contribution in [3.63, 3.8) is 0 Å². The van der Waals surface area contributed by atoms with E-state index in [1.165, 1.54) is 23.9 Å². The van der Waals surface area contributed by atoms with Crippen molar-refractivity contribution in [2.75, 3.05) is 11.9 Å². The molecule has 0 aliphatic heterocycles. The second-order valence-electron chi connectivity index (χ2n) is 6.30. The van der Waals surface area contributed by atoms with Gasteiger partial charge in [0.15, 0.2) is 0 Å². The standard InChI is InChI=1S/C15H24BrN3O/c1-10(2)9-19-15(20)14(16)13(8-18-19)17-7-12-6-4-5-11(12)3/h8,10-12,17H,4-7,9H2,1-3H3. The van der Waals surface area contributed by atoms with Crippen molar-refractivity contribution in [3.8, 4) is 0 Å². The van der Waals surface area contributed by atoms with Crippen LogP contribution in [0.25, 0.3) is 0 Å². The predicted octanol–water partition coefficient (Wildman–Crippen LogP) is 3.51. The molecular weight excluding hydrogens is 318 g/mol. The Labute approximate surface area is 129 Å². The normalized spacial score (nSPS) is 22.4.